The highest BCUT2D eigenvalue weighted by Gasteiger charge is 2.23. The van der Waals surface area contributed by atoms with Gasteiger partial charge in [-0.2, -0.15) is 0 Å². The summed E-state index contributed by atoms with van der Waals surface area (Å²) in [6.45, 7) is 5.17. The van der Waals surface area contributed by atoms with Crippen molar-refractivity contribution in [3.63, 3.8) is 0 Å². The molecule has 0 atom stereocenters. The minimum absolute atomic E-state index is 0.0916. The lowest BCUT2D eigenvalue weighted by Crippen LogP contribution is -2.27. The Morgan fingerprint density at radius 2 is 2.26 bits per heavy atom. The third-order valence-electron chi connectivity index (χ3n) is 3.70. The van der Waals surface area contributed by atoms with Crippen LogP contribution in [0.1, 0.15) is 38.0 Å². The van der Waals surface area contributed by atoms with Crippen LogP contribution in [0, 0.1) is 0 Å². The minimum Gasteiger partial charge on any atom is -0.353 e. The van der Waals surface area contributed by atoms with Crippen molar-refractivity contribution in [1.82, 2.24) is 20.1 Å². The van der Waals surface area contributed by atoms with Crippen LogP contribution in [-0.2, 0) is 17.8 Å². The number of thioether (sulfide) groups is 1. The zero-order valence-corrected chi connectivity index (χ0v) is 15.2. The van der Waals surface area contributed by atoms with E-state index < -0.39 is 0 Å². The van der Waals surface area contributed by atoms with Crippen LogP contribution in [-0.4, -0.2) is 32.5 Å². The molecule has 0 bridgehead atoms. The van der Waals surface area contributed by atoms with E-state index in [1.807, 2.05) is 0 Å². The molecule has 5 nitrogen and oxygen atoms in total. The molecule has 1 saturated carbocycles. The smallest absolute Gasteiger partial charge is 0.230 e. The minimum atomic E-state index is 0.0916. The average molecular weight is 351 g/mol. The molecule has 0 saturated heterocycles. The molecule has 7 heteroatoms. The first-order chi connectivity index (χ1) is 11.2. The predicted octanol–water partition coefficient (Wildman–Crippen LogP) is 3.35. The summed E-state index contributed by atoms with van der Waals surface area (Å²) in [6, 6.07) is 2.60. The molecule has 1 fully saturated rings. The fourth-order valence-corrected chi connectivity index (χ4v) is 3.93. The second-order valence-corrected chi connectivity index (χ2v) is 7.68. The Bertz CT molecular complexity index is 675. The van der Waals surface area contributed by atoms with Gasteiger partial charge in [-0.25, -0.2) is 0 Å². The number of aromatic nitrogens is 3. The van der Waals surface area contributed by atoms with E-state index in [-0.39, 0.29) is 5.91 Å². The Hall–Kier alpha value is -1.34. The van der Waals surface area contributed by atoms with Gasteiger partial charge in [0.2, 0.25) is 5.91 Å². The number of thiophene rings is 1. The topological polar surface area (TPSA) is 59.8 Å². The number of hydrogen-bond acceptors (Lipinski definition) is 5. The molecule has 0 spiro atoms. The molecule has 0 radical (unpaired) electrons. The Balaban J connectivity index is 1.73. The number of carbonyl (C=O) groups excluding carboxylic acids is 1. The van der Waals surface area contributed by atoms with Gasteiger partial charge in [0, 0.05) is 28.4 Å². The molecule has 1 amide bonds. The summed E-state index contributed by atoms with van der Waals surface area (Å²) in [4.78, 5) is 13.2. The van der Waals surface area contributed by atoms with Crippen LogP contribution in [0.2, 0.25) is 0 Å². The van der Waals surface area contributed by atoms with Gasteiger partial charge in [-0.3, -0.25) is 4.79 Å². The molecule has 2 heterocycles. The molecule has 124 valence electrons. The number of carbonyl (C=O) groups is 1. The van der Waals surface area contributed by atoms with E-state index in [9.17, 15) is 4.79 Å². The molecule has 0 aliphatic heterocycles. The summed E-state index contributed by atoms with van der Waals surface area (Å²) in [5.41, 5.74) is 1.13. The van der Waals surface area contributed by atoms with E-state index in [1.165, 1.54) is 16.6 Å². The van der Waals surface area contributed by atoms with Gasteiger partial charge in [-0.1, -0.05) is 25.6 Å². The van der Waals surface area contributed by atoms with Gasteiger partial charge in [-0.05, 0) is 31.7 Å². The van der Waals surface area contributed by atoms with E-state index in [1.54, 1.807) is 11.3 Å². The quantitative estimate of drug-likeness (QED) is 0.742. The van der Waals surface area contributed by atoms with Crippen molar-refractivity contribution in [2.75, 3.05) is 5.75 Å². The lowest BCUT2D eigenvalue weighted by atomic mass is 10.2. The summed E-state index contributed by atoms with van der Waals surface area (Å²) in [5, 5.41) is 14.7. The summed E-state index contributed by atoms with van der Waals surface area (Å²) < 4.78 is 2.14. The Morgan fingerprint density at radius 3 is 2.91 bits per heavy atom. The maximum atomic E-state index is 11.9. The first-order valence-corrected chi connectivity index (χ1v) is 10.0. The number of rotatable bonds is 8. The third-order valence-corrected chi connectivity index (χ3v) is 5.75. The molecule has 1 aliphatic carbocycles. The lowest BCUT2D eigenvalue weighted by molar-refractivity contribution is -0.118. The van der Waals surface area contributed by atoms with Crippen molar-refractivity contribution >= 4 is 29.0 Å². The molecule has 2 aromatic rings. The van der Waals surface area contributed by atoms with Crippen LogP contribution in [0.25, 0.3) is 11.4 Å². The van der Waals surface area contributed by atoms with Gasteiger partial charge < -0.3 is 9.88 Å². The summed E-state index contributed by atoms with van der Waals surface area (Å²) in [6.07, 6.45) is 4.28. The first kappa shape index (κ1) is 16.5. The molecule has 2 aromatic heterocycles. The molecule has 1 N–H and O–H groups in total. The highest BCUT2D eigenvalue weighted by molar-refractivity contribution is 7.99. The van der Waals surface area contributed by atoms with Gasteiger partial charge >= 0.3 is 0 Å². The summed E-state index contributed by atoms with van der Waals surface area (Å²) in [5.74, 6) is 1.41. The van der Waals surface area contributed by atoms with Crippen molar-refractivity contribution < 1.29 is 4.79 Å². The highest BCUT2D eigenvalue weighted by atomic mass is 32.2. The van der Waals surface area contributed by atoms with Crippen LogP contribution in [0.4, 0.5) is 0 Å². The third kappa shape index (κ3) is 4.14. The molecule has 1 aliphatic rings. The van der Waals surface area contributed by atoms with Crippen LogP contribution < -0.4 is 5.32 Å². The summed E-state index contributed by atoms with van der Waals surface area (Å²) in [7, 11) is 0. The van der Waals surface area contributed by atoms with E-state index >= 15 is 0 Å². The van der Waals surface area contributed by atoms with Gasteiger partial charge in [0.15, 0.2) is 11.0 Å². The Kier molecular flexibility index (Phi) is 5.38. The van der Waals surface area contributed by atoms with Crippen LogP contribution in [0.15, 0.2) is 16.6 Å². The predicted molar refractivity (Wildman–Crippen MR) is 94.9 cm³/mol. The van der Waals surface area contributed by atoms with Crippen molar-refractivity contribution in [3.05, 3.63) is 16.3 Å². The van der Waals surface area contributed by atoms with Gasteiger partial charge in [0.05, 0.1) is 5.75 Å². The SMILES string of the molecule is CCCn1c(SCC(=O)NC2CC2)nnc1-c1csc(CC)c1. The number of nitrogens with one attached hydrogen (secondary N) is 1. The number of nitrogens with zero attached hydrogens (tertiary/aromatic N) is 3. The standard InChI is InChI=1S/C16H22N4OS2/c1-3-7-20-15(11-8-13(4-2)22-9-11)18-19-16(20)23-10-14(21)17-12-5-6-12/h8-9,12H,3-7,10H2,1-2H3,(H,17,21). The van der Waals surface area contributed by atoms with Crippen molar-refractivity contribution in [2.24, 2.45) is 0 Å². The lowest BCUT2D eigenvalue weighted by Gasteiger charge is -2.08. The maximum Gasteiger partial charge on any atom is 0.230 e. The largest absolute Gasteiger partial charge is 0.353 e. The fourth-order valence-electron chi connectivity index (χ4n) is 2.34. The number of amides is 1. The highest BCUT2D eigenvalue weighted by Crippen LogP contribution is 2.28. The van der Waals surface area contributed by atoms with E-state index in [4.69, 9.17) is 0 Å². The molecule has 23 heavy (non-hydrogen) atoms. The van der Waals surface area contributed by atoms with Crippen LogP contribution in [0.5, 0.6) is 0 Å². The molecule has 3 rings (SSSR count). The maximum absolute atomic E-state index is 11.9. The molecule has 0 aromatic carbocycles. The van der Waals surface area contributed by atoms with Crippen LogP contribution in [0.3, 0.4) is 0 Å². The second-order valence-electron chi connectivity index (χ2n) is 5.74. The monoisotopic (exact) mass is 350 g/mol. The molecular weight excluding hydrogens is 328 g/mol. The zero-order valence-electron chi connectivity index (χ0n) is 13.5. The van der Waals surface area contributed by atoms with Gasteiger partial charge in [0.25, 0.3) is 0 Å². The van der Waals surface area contributed by atoms with E-state index in [2.05, 4.69) is 45.4 Å². The number of aryl methyl sites for hydroxylation is 1. The normalized spacial score (nSPS) is 14.2. The van der Waals surface area contributed by atoms with E-state index in [0.29, 0.717) is 11.8 Å². The van der Waals surface area contributed by atoms with Crippen molar-refractivity contribution in [2.45, 2.75) is 57.3 Å². The average Bonchev–Trinajstić information content (AvgIpc) is 3.09. The zero-order chi connectivity index (χ0) is 16.2. The van der Waals surface area contributed by atoms with Crippen molar-refractivity contribution in [1.29, 1.82) is 0 Å². The first-order valence-electron chi connectivity index (χ1n) is 8.14. The van der Waals surface area contributed by atoms with E-state index in [0.717, 1.165) is 48.8 Å². The van der Waals surface area contributed by atoms with Gasteiger partial charge in [0.1, 0.15) is 0 Å². The van der Waals surface area contributed by atoms with Gasteiger partial charge in [-0.15, -0.1) is 21.5 Å². The van der Waals surface area contributed by atoms with Crippen LogP contribution >= 0.6 is 23.1 Å². The Labute approximate surface area is 144 Å². The summed E-state index contributed by atoms with van der Waals surface area (Å²) >= 11 is 3.23. The van der Waals surface area contributed by atoms with Crippen molar-refractivity contribution in [3.8, 4) is 11.4 Å². The molecular formula is C16H22N4OS2. The molecule has 0 unspecified atom stereocenters. The second kappa shape index (κ2) is 7.49. The Morgan fingerprint density at radius 1 is 1.43 bits per heavy atom. The number of hydrogen-bond donors (Lipinski definition) is 1. The fraction of sp³-hybridized carbons (Fsp3) is 0.562.